The number of ether oxygens (including phenoxy) is 2. The third-order valence-corrected chi connectivity index (χ3v) is 5.04. The molecular formula is C19H22O6S. The zero-order valence-corrected chi connectivity index (χ0v) is 16.2. The van der Waals surface area contributed by atoms with E-state index in [1.54, 1.807) is 12.1 Å². The Morgan fingerprint density at radius 2 is 1.54 bits per heavy atom. The molecule has 7 heteroatoms. The molecule has 0 heterocycles. The van der Waals surface area contributed by atoms with Crippen LogP contribution in [0.4, 0.5) is 0 Å². The molecule has 2 aromatic rings. The monoisotopic (exact) mass is 378 g/mol. The van der Waals surface area contributed by atoms with Crippen LogP contribution in [0.25, 0.3) is 0 Å². The SMILES string of the molecule is COC(=O)c1ccc(OS(=O)(=O)c2ccc(C(C)(C)C)cc2)c(OC)c1. The van der Waals surface area contributed by atoms with Crippen molar-refractivity contribution < 1.29 is 26.9 Å². The molecule has 0 spiro atoms. The summed E-state index contributed by atoms with van der Waals surface area (Å²) in [7, 11) is -1.43. The predicted octanol–water partition coefficient (Wildman–Crippen LogP) is 3.55. The number of benzene rings is 2. The van der Waals surface area contributed by atoms with Crippen LogP contribution in [0.2, 0.25) is 0 Å². The van der Waals surface area contributed by atoms with Crippen LogP contribution >= 0.6 is 0 Å². The Balaban J connectivity index is 2.33. The first-order chi connectivity index (χ1) is 12.1. The van der Waals surface area contributed by atoms with Crippen LogP contribution in [-0.4, -0.2) is 28.6 Å². The van der Waals surface area contributed by atoms with E-state index in [1.165, 1.54) is 44.6 Å². The number of carbonyl (C=O) groups excluding carboxylic acids is 1. The van der Waals surface area contributed by atoms with E-state index in [9.17, 15) is 13.2 Å². The smallest absolute Gasteiger partial charge is 0.339 e. The third kappa shape index (κ3) is 4.35. The lowest BCUT2D eigenvalue weighted by Crippen LogP contribution is -2.13. The van der Waals surface area contributed by atoms with Crippen molar-refractivity contribution in [1.82, 2.24) is 0 Å². The summed E-state index contributed by atoms with van der Waals surface area (Å²) >= 11 is 0. The summed E-state index contributed by atoms with van der Waals surface area (Å²) in [5.74, 6) is -0.460. The van der Waals surface area contributed by atoms with Crippen molar-refractivity contribution in [1.29, 1.82) is 0 Å². The summed E-state index contributed by atoms with van der Waals surface area (Å²) in [5.41, 5.74) is 1.15. The van der Waals surface area contributed by atoms with Crippen molar-refractivity contribution in [2.75, 3.05) is 14.2 Å². The van der Waals surface area contributed by atoms with Crippen LogP contribution in [0.1, 0.15) is 36.7 Å². The zero-order valence-electron chi connectivity index (χ0n) is 15.4. The second-order valence-electron chi connectivity index (χ2n) is 6.67. The second kappa shape index (κ2) is 7.37. The number of carbonyl (C=O) groups is 1. The number of methoxy groups -OCH3 is 2. The van der Waals surface area contributed by atoms with E-state index in [1.807, 2.05) is 20.8 Å². The van der Waals surface area contributed by atoms with Gasteiger partial charge in [0.25, 0.3) is 0 Å². The minimum Gasteiger partial charge on any atom is -0.493 e. The second-order valence-corrected chi connectivity index (χ2v) is 8.22. The molecule has 0 unspecified atom stereocenters. The van der Waals surface area contributed by atoms with Gasteiger partial charge < -0.3 is 13.7 Å². The number of hydrogen-bond acceptors (Lipinski definition) is 6. The third-order valence-electron chi connectivity index (χ3n) is 3.79. The molecule has 0 aliphatic heterocycles. The fraction of sp³-hybridized carbons (Fsp3) is 0.316. The molecule has 0 saturated heterocycles. The fourth-order valence-electron chi connectivity index (χ4n) is 2.27. The van der Waals surface area contributed by atoms with Gasteiger partial charge in [0, 0.05) is 0 Å². The fourth-order valence-corrected chi connectivity index (χ4v) is 3.21. The molecule has 0 fully saturated rings. The predicted molar refractivity (Wildman–Crippen MR) is 97.3 cm³/mol. The van der Waals surface area contributed by atoms with Crippen molar-refractivity contribution >= 4 is 16.1 Å². The van der Waals surface area contributed by atoms with Gasteiger partial charge in [0.2, 0.25) is 0 Å². The Morgan fingerprint density at radius 1 is 0.923 bits per heavy atom. The minimum absolute atomic E-state index is 0.0138. The van der Waals surface area contributed by atoms with Gasteiger partial charge in [-0.25, -0.2) is 4.79 Å². The maximum atomic E-state index is 12.5. The lowest BCUT2D eigenvalue weighted by Gasteiger charge is -2.19. The van der Waals surface area contributed by atoms with Crippen LogP contribution in [0.5, 0.6) is 11.5 Å². The van der Waals surface area contributed by atoms with E-state index in [4.69, 9.17) is 8.92 Å². The summed E-state index contributed by atoms with van der Waals surface area (Å²) in [5, 5.41) is 0. The van der Waals surface area contributed by atoms with Gasteiger partial charge in [0.15, 0.2) is 11.5 Å². The molecule has 0 aromatic heterocycles. The van der Waals surface area contributed by atoms with Crippen LogP contribution in [0.3, 0.4) is 0 Å². The summed E-state index contributed by atoms with van der Waals surface area (Å²) in [6, 6.07) is 10.6. The highest BCUT2D eigenvalue weighted by Gasteiger charge is 2.22. The van der Waals surface area contributed by atoms with E-state index in [-0.39, 0.29) is 27.4 Å². The topological polar surface area (TPSA) is 78.9 Å². The summed E-state index contributed by atoms with van der Waals surface area (Å²) in [6.07, 6.45) is 0. The lowest BCUT2D eigenvalue weighted by atomic mass is 9.87. The van der Waals surface area contributed by atoms with Crippen LogP contribution in [-0.2, 0) is 20.3 Å². The van der Waals surface area contributed by atoms with Gasteiger partial charge >= 0.3 is 16.1 Å². The van der Waals surface area contributed by atoms with Gasteiger partial charge in [-0.15, -0.1) is 0 Å². The average Bonchev–Trinajstić information content (AvgIpc) is 2.60. The Morgan fingerprint density at radius 3 is 2.04 bits per heavy atom. The molecular weight excluding hydrogens is 356 g/mol. The summed E-state index contributed by atoms with van der Waals surface area (Å²) < 4.78 is 40.0. The van der Waals surface area contributed by atoms with Crippen LogP contribution < -0.4 is 8.92 Å². The number of rotatable bonds is 5. The molecule has 0 bridgehead atoms. The molecule has 0 radical (unpaired) electrons. The van der Waals surface area contributed by atoms with Crippen LogP contribution in [0, 0.1) is 0 Å². The molecule has 0 N–H and O–H groups in total. The van der Waals surface area contributed by atoms with E-state index in [0.717, 1.165) is 5.56 Å². The quantitative estimate of drug-likeness (QED) is 0.585. The van der Waals surface area contributed by atoms with Gasteiger partial charge in [0.05, 0.1) is 19.8 Å². The number of hydrogen-bond donors (Lipinski definition) is 0. The zero-order chi connectivity index (χ0) is 19.5. The molecule has 0 aliphatic rings. The molecule has 0 saturated carbocycles. The van der Waals surface area contributed by atoms with E-state index >= 15 is 0 Å². The first kappa shape index (κ1) is 19.8. The van der Waals surface area contributed by atoms with Crippen molar-refractivity contribution in [3.63, 3.8) is 0 Å². The highest BCUT2D eigenvalue weighted by molar-refractivity contribution is 7.87. The van der Waals surface area contributed by atoms with Gasteiger partial charge in [0.1, 0.15) is 4.90 Å². The molecule has 0 amide bonds. The summed E-state index contributed by atoms with van der Waals surface area (Å²) in [6.45, 7) is 6.13. The van der Waals surface area contributed by atoms with Crippen molar-refractivity contribution in [2.45, 2.75) is 31.1 Å². The molecule has 26 heavy (non-hydrogen) atoms. The Labute approximate surface area is 153 Å². The first-order valence-electron chi connectivity index (χ1n) is 7.90. The highest BCUT2D eigenvalue weighted by atomic mass is 32.2. The molecule has 2 aromatic carbocycles. The Kier molecular flexibility index (Phi) is 5.61. The molecule has 2 rings (SSSR count). The van der Waals surface area contributed by atoms with Gasteiger partial charge in [-0.2, -0.15) is 8.42 Å². The minimum atomic E-state index is -4.04. The molecule has 0 atom stereocenters. The molecule has 0 aliphatic carbocycles. The van der Waals surface area contributed by atoms with Crippen LogP contribution in [0.15, 0.2) is 47.4 Å². The largest absolute Gasteiger partial charge is 0.493 e. The van der Waals surface area contributed by atoms with Crippen molar-refractivity contribution in [3.8, 4) is 11.5 Å². The maximum absolute atomic E-state index is 12.5. The average molecular weight is 378 g/mol. The van der Waals surface area contributed by atoms with Gasteiger partial charge in [-0.1, -0.05) is 32.9 Å². The first-order valence-corrected chi connectivity index (χ1v) is 9.30. The van der Waals surface area contributed by atoms with E-state index in [0.29, 0.717) is 0 Å². The molecule has 140 valence electrons. The normalized spacial score (nSPS) is 11.7. The Hall–Kier alpha value is -2.54. The van der Waals surface area contributed by atoms with E-state index < -0.39 is 16.1 Å². The number of esters is 1. The maximum Gasteiger partial charge on any atom is 0.339 e. The standard InChI is InChI=1S/C19H22O6S/c1-19(2,3)14-7-9-15(10-8-14)26(21,22)25-16-11-6-13(18(20)24-5)12-17(16)23-4/h6-12H,1-5H3. The molecule has 6 nitrogen and oxygen atoms in total. The van der Waals surface area contributed by atoms with Gasteiger partial charge in [-0.3, -0.25) is 0 Å². The lowest BCUT2D eigenvalue weighted by molar-refractivity contribution is 0.0600. The van der Waals surface area contributed by atoms with Gasteiger partial charge in [-0.05, 0) is 41.3 Å². The summed E-state index contributed by atoms with van der Waals surface area (Å²) in [4.78, 5) is 11.6. The Bertz CT molecular complexity index is 893. The highest BCUT2D eigenvalue weighted by Crippen LogP contribution is 2.31. The van der Waals surface area contributed by atoms with Crippen molar-refractivity contribution in [3.05, 3.63) is 53.6 Å². The van der Waals surface area contributed by atoms with E-state index in [2.05, 4.69) is 4.74 Å². The van der Waals surface area contributed by atoms with Crippen molar-refractivity contribution in [2.24, 2.45) is 0 Å².